The molecule has 7 heteroatoms. The predicted octanol–water partition coefficient (Wildman–Crippen LogP) is 3.28. The Morgan fingerprint density at radius 2 is 1.96 bits per heavy atom. The first-order valence-corrected chi connectivity index (χ1v) is 9.26. The number of carbonyl (C=O) groups is 1. The Kier molecular flexibility index (Phi) is 4.58. The number of anilines is 2. The number of benzene rings is 1. The minimum atomic E-state index is -0.211. The number of aromatic nitrogens is 4. The highest BCUT2D eigenvalue weighted by Crippen LogP contribution is 2.32. The van der Waals surface area contributed by atoms with Crippen LogP contribution in [0.4, 0.5) is 11.5 Å². The van der Waals surface area contributed by atoms with E-state index >= 15 is 0 Å². The molecule has 1 aliphatic rings. The second-order valence-electron chi connectivity index (χ2n) is 6.50. The standard InChI is InChI=1S/C20H22N6O/c1-3-11-25-16(4-2)19(27)23-15-13-22-20(24-18(15)25)26-12-10-21-17(26)14-8-6-5-7-9-14/h5-10,12-13,16H,3-4,11H2,1-2H3,(H,23,27)/t16-/m1/s1. The number of hydrogen-bond acceptors (Lipinski definition) is 5. The highest BCUT2D eigenvalue weighted by atomic mass is 16.2. The summed E-state index contributed by atoms with van der Waals surface area (Å²) in [4.78, 5) is 28.2. The Hall–Kier alpha value is -3.22. The van der Waals surface area contributed by atoms with Crippen molar-refractivity contribution in [3.63, 3.8) is 0 Å². The van der Waals surface area contributed by atoms with Crippen LogP contribution >= 0.6 is 0 Å². The molecule has 1 amide bonds. The van der Waals surface area contributed by atoms with Crippen molar-refractivity contribution in [3.8, 4) is 17.3 Å². The Labute approximate surface area is 158 Å². The van der Waals surface area contributed by atoms with Gasteiger partial charge in [0.2, 0.25) is 11.9 Å². The van der Waals surface area contributed by atoms with Crippen LogP contribution in [-0.2, 0) is 4.79 Å². The summed E-state index contributed by atoms with van der Waals surface area (Å²) < 4.78 is 1.87. The first-order chi connectivity index (χ1) is 13.2. The summed E-state index contributed by atoms with van der Waals surface area (Å²) in [5.74, 6) is 2.09. The van der Waals surface area contributed by atoms with Crippen LogP contribution in [-0.4, -0.2) is 38.0 Å². The van der Waals surface area contributed by atoms with E-state index in [0.717, 1.165) is 36.6 Å². The van der Waals surface area contributed by atoms with Crippen LogP contribution in [0.1, 0.15) is 26.7 Å². The van der Waals surface area contributed by atoms with Crippen LogP contribution in [0.5, 0.6) is 0 Å². The summed E-state index contributed by atoms with van der Waals surface area (Å²) >= 11 is 0. The van der Waals surface area contributed by atoms with E-state index in [0.29, 0.717) is 11.6 Å². The highest BCUT2D eigenvalue weighted by molar-refractivity contribution is 6.02. The lowest BCUT2D eigenvalue weighted by atomic mass is 10.1. The summed E-state index contributed by atoms with van der Waals surface area (Å²) in [5, 5.41) is 2.94. The third-order valence-corrected chi connectivity index (χ3v) is 4.70. The number of imidazole rings is 1. The van der Waals surface area contributed by atoms with Gasteiger partial charge in [0, 0.05) is 24.5 Å². The summed E-state index contributed by atoms with van der Waals surface area (Å²) in [5.41, 5.74) is 1.65. The molecule has 0 bridgehead atoms. The maximum absolute atomic E-state index is 12.4. The summed E-state index contributed by atoms with van der Waals surface area (Å²) in [6, 6.07) is 9.74. The molecule has 3 heterocycles. The van der Waals surface area contributed by atoms with Gasteiger partial charge in [0.1, 0.15) is 17.6 Å². The van der Waals surface area contributed by atoms with Gasteiger partial charge < -0.3 is 10.2 Å². The molecule has 0 spiro atoms. The second kappa shape index (κ2) is 7.19. The predicted molar refractivity (Wildman–Crippen MR) is 105 cm³/mol. The smallest absolute Gasteiger partial charge is 0.247 e. The summed E-state index contributed by atoms with van der Waals surface area (Å²) in [7, 11) is 0. The van der Waals surface area contributed by atoms with Crippen LogP contribution in [0, 0.1) is 0 Å². The fourth-order valence-electron chi connectivity index (χ4n) is 3.47. The zero-order chi connectivity index (χ0) is 18.8. The van der Waals surface area contributed by atoms with Gasteiger partial charge in [-0.2, -0.15) is 4.98 Å². The quantitative estimate of drug-likeness (QED) is 0.754. The first kappa shape index (κ1) is 17.2. The zero-order valence-corrected chi connectivity index (χ0v) is 15.5. The van der Waals surface area contributed by atoms with Gasteiger partial charge >= 0.3 is 0 Å². The molecule has 0 saturated carbocycles. The molecule has 1 atom stereocenters. The molecule has 1 aliphatic heterocycles. The van der Waals surface area contributed by atoms with Crippen LogP contribution in [0.25, 0.3) is 17.3 Å². The van der Waals surface area contributed by atoms with Crippen molar-refractivity contribution in [2.45, 2.75) is 32.7 Å². The molecule has 1 aromatic carbocycles. The molecular formula is C20H22N6O. The third-order valence-electron chi connectivity index (χ3n) is 4.70. The molecule has 7 nitrogen and oxygen atoms in total. The van der Waals surface area contributed by atoms with Crippen LogP contribution in [0.15, 0.2) is 48.9 Å². The lowest BCUT2D eigenvalue weighted by Crippen LogP contribution is -2.48. The lowest BCUT2D eigenvalue weighted by Gasteiger charge is -2.36. The van der Waals surface area contributed by atoms with Gasteiger partial charge in [0.15, 0.2) is 5.82 Å². The molecule has 138 valence electrons. The van der Waals surface area contributed by atoms with Crippen LogP contribution in [0.2, 0.25) is 0 Å². The van der Waals surface area contributed by atoms with Crippen molar-refractivity contribution in [2.75, 3.05) is 16.8 Å². The summed E-state index contributed by atoms with van der Waals surface area (Å²) in [6.45, 7) is 4.89. The van der Waals surface area contributed by atoms with Gasteiger partial charge in [0.25, 0.3) is 0 Å². The molecule has 0 radical (unpaired) electrons. The van der Waals surface area contributed by atoms with Crippen LogP contribution < -0.4 is 10.2 Å². The van der Waals surface area contributed by atoms with E-state index in [-0.39, 0.29) is 11.9 Å². The van der Waals surface area contributed by atoms with Gasteiger partial charge in [-0.15, -0.1) is 0 Å². The van der Waals surface area contributed by atoms with Crippen molar-refractivity contribution in [1.29, 1.82) is 0 Å². The third kappa shape index (κ3) is 3.05. The minimum absolute atomic E-state index is 0.00223. The van der Waals surface area contributed by atoms with Gasteiger partial charge in [0.05, 0.1) is 6.20 Å². The van der Waals surface area contributed by atoms with E-state index in [1.165, 1.54) is 0 Å². The topological polar surface area (TPSA) is 75.9 Å². The van der Waals surface area contributed by atoms with E-state index in [1.807, 2.05) is 48.0 Å². The van der Waals surface area contributed by atoms with Crippen molar-refractivity contribution in [3.05, 3.63) is 48.9 Å². The Morgan fingerprint density at radius 1 is 1.15 bits per heavy atom. The number of amides is 1. The van der Waals surface area contributed by atoms with E-state index in [1.54, 1.807) is 12.4 Å². The van der Waals surface area contributed by atoms with E-state index < -0.39 is 0 Å². The molecule has 1 N–H and O–H groups in total. The SMILES string of the molecule is CCCN1c2nc(-n3ccnc3-c3ccccc3)ncc2NC(=O)[C@H]1CC. The van der Waals surface area contributed by atoms with Crippen molar-refractivity contribution < 1.29 is 4.79 Å². The normalized spacial score (nSPS) is 16.1. The van der Waals surface area contributed by atoms with Gasteiger partial charge in [-0.25, -0.2) is 9.97 Å². The monoisotopic (exact) mass is 362 g/mol. The van der Waals surface area contributed by atoms with E-state index in [9.17, 15) is 4.79 Å². The van der Waals surface area contributed by atoms with Crippen molar-refractivity contribution in [2.24, 2.45) is 0 Å². The molecule has 3 aromatic rings. The van der Waals surface area contributed by atoms with E-state index in [4.69, 9.17) is 4.98 Å². The molecule has 4 rings (SSSR count). The molecular weight excluding hydrogens is 340 g/mol. The molecule has 0 saturated heterocycles. The molecule has 27 heavy (non-hydrogen) atoms. The summed E-state index contributed by atoms with van der Waals surface area (Å²) in [6.07, 6.45) is 6.94. The first-order valence-electron chi connectivity index (χ1n) is 9.26. The molecule has 0 fully saturated rings. The second-order valence-corrected chi connectivity index (χ2v) is 6.50. The number of nitrogens with one attached hydrogen (secondary N) is 1. The van der Waals surface area contributed by atoms with Crippen LogP contribution in [0.3, 0.4) is 0 Å². The average Bonchev–Trinajstić information content (AvgIpc) is 3.18. The Balaban J connectivity index is 1.79. The number of nitrogens with zero attached hydrogens (tertiary/aromatic N) is 5. The van der Waals surface area contributed by atoms with Crippen molar-refractivity contribution in [1.82, 2.24) is 19.5 Å². The molecule has 0 aliphatic carbocycles. The zero-order valence-electron chi connectivity index (χ0n) is 15.5. The lowest BCUT2D eigenvalue weighted by molar-refractivity contribution is -0.117. The Bertz CT molecular complexity index is 952. The van der Waals surface area contributed by atoms with E-state index in [2.05, 4.69) is 27.1 Å². The number of carbonyl (C=O) groups excluding carboxylic acids is 1. The maximum Gasteiger partial charge on any atom is 0.247 e. The fraction of sp³-hybridized carbons (Fsp3) is 0.300. The number of hydrogen-bond donors (Lipinski definition) is 1. The number of rotatable bonds is 5. The van der Waals surface area contributed by atoms with Crippen molar-refractivity contribution >= 4 is 17.4 Å². The van der Waals surface area contributed by atoms with Gasteiger partial charge in [-0.05, 0) is 12.8 Å². The van der Waals surface area contributed by atoms with Gasteiger partial charge in [-0.3, -0.25) is 9.36 Å². The number of fused-ring (bicyclic) bond motifs is 1. The highest BCUT2D eigenvalue weighted by Gasteiger charge is 2.33. The molecule has 2 aromatic heterocycles. The Morgan fingerprint density at radius 3 is 2.70 bits per heavy atom. The van der Waals surface area contributed by atoms with Gasteiger partial charge in [-0.1, -0.05) is 44.2 Å². The minimum Gasteiger partial charge on any atom is -0.343 e. The fourth-order valence-corrected chi connectivity index (χ4v) is 3.47. The average molecular weight is 362 g/mol. The maximum atomic E-state index is 12.4. The largest absolute Gasteiger partial charge is 0.343 e. The molecule has 0 unspecified atom stereocenters.